The van der Waals surface area contributed by atoms with Crippen molar-refractivity contribution in [3.05, 3.63) is 18.2 Å². The largest absolute Gasteiger partial charge is 0.338 e. The number of anilines is 1. The van der Waals surface area contributed by atoms with Gasteiger partial charge in [0.2, 0.25) is 0 Å². The predicted molar refractivity (Wildman–Crippen MR) is 87.8 cm³/mol. The van der Waals surface area contributed by atoms with Crippen LogP contribution in [0.2, 0.25) is 0 Å². The van der Waals surface area contributed by atoms with Gasteiger partial charge in [0, 0.05) is 12.2 Å². The predicted octanol–water partition coefficient (Wildman–Crippen LogP) is 4.17. The number of amides is 2. The van der Waals surface area contributed by atoms with E-state index in [9.17, 15) is 4.79 Å². The van der Waals surface area contributed by atoms with Crippen LogP contribution in [-0.4, -0.2) is 21.3 Å². The maximum atomic E-state index is 11.8. The van der Waals surface area contributed by atoms with E-state index in [1.165, 1.54) is 43.8 Å². The number of unbranched alkanes of at least 4 members (excludes halogenated alkanes) is 5. The van der Waals surface area contributed by atoms with Crippen LogP contribution >= 0.6 is 11.7 Å². The number of fused-ring (bicyclic) bond motifs is 1. The van der Waals surface area contributed by atoms with E-state index >= 15 is 0 Å². The van der Waals surface area contributed by atoms with Crippen molar-refractivity contribution < 1.29 is 4.79 Å². The van der Waals surface area contributed by atoms with Crippen molar-refractivity contribution in [3.63, 3.8) is 0 Å². The van der Waals surface area contributed by atoms with E-state index < -0.39 is 0 Å². The van der Waals surface area contributed by atoms with Crippen LogP contribution in [0.4, 0.5) is 10.5 Å². The van der Waals surface area contributed by atoms with Gasteiger partial charge < -0.3 is 10.6 Å². The summed E-state index contributed by atoms with van der Waals surface area (Å²) in [5.41, 5.74) is 2.42. The molecule has 1 aromatic heterocycles. The zero-order valence-corrected chi connectivity index (χ0v) is 13.2. The number of urea groups is 1. The standard InChI is InChI=1S/C15H22N4OS/c1-2-3-4-5-6-7-10-16-15(20)17-12-8-9-13-14(11-12)19-21-18-13/h8-9,11H,2-7,10H2,1H3,(H2,16,17,20). The Morgan fingerprint density at radius 2 is 1.86 bits per heavy atom. The first-order chi connectivity index (χ1) is 10.3. The van der Waals surface area contributed by atoms with Gasteiger partial charge in [0.05, 0.1) is 11.7 Å². The number of aromatic nitrogens is 2. The average Bonchev–Trinajstić information content (AvgIpc) is 2.94. The average molecular weight is 306 g/mol. The van der Waals surface area contributed by atoms with Crippen molar-refractivity contribution in [2.24, 2.45) is 0 Å². The molecule has 0 atom stereocenters. The second-order valence-corrected chi connectivity index (χ2v) is 5.64. The number of hydrogen-bond acceptors (Lipinski definition) is 4. The Bertz CT molecular complexity index is 570. The first-order valence-electron chi connectivity index (χ1n) is 7.57. The molecule has 6 heteroatoms. The maximum Gasteiger partial charge on any atom is 0.319 e. The Morgan fingerprint density at radius 3 is 2.71 bits per heavy atom. The van der Waals surface area contributed by atoms with Crippen LogP contribution < -0.4 is 10.6 Å². The van der Waals surface area contributed by atoms with Crippen molar-refractivity contribution in [1.82, 2.24) is 14.1 Å². The van der Waals surface area contributed by atoms with Gasteiger partial charge in [-0.3, -0.25) is 0 Å². The Balaban J connectivity index is 1.65. The number of nitrogens with one attached hydrogen (secondary N) is 2. The fraction of sp³-hybridized carbons (Fsp3) is 0.533. The highest BCUT2D eigenvalue weighted by atomic mass is 32.1. The van der Waals surface area contributed by atoms with Gasteiger partial charge in [-0.15, -0.1) is 0 Å². The summed E-state index contributed by atoms with van der Waals surface area (Å²) in [7, 11) is 0. The summed E-state index contributed by atoms with van der Waals surface area (Å²) in [6.07, 6.45) is 7.33. The quantitative estimate of drug-likeness (QED) is 0.719. The van der Waals surface area contributed by atoms with Gasteiger partial charge in [0.25, 0.3) is 0 Å². The Hall–Kier alpha value is -1.69. The zero-order chi connectivity index (χ0) is 14.9. The second kappa shape index (κ2) is 8.56. The molecule has 1 aromatic carbocycles. The third kappa shape index (κ3) is 5.30. The minimum atomic E-state index is -0.161. The lowest BCUT2D eigenvalue weighted by atomic mass is 10.1. The van der Waals surface area contributed by atoms with Crippen LogP contribution in [0.3, 0.4) is 0 Å². The van der Waals surface area contributed by atoms with E-state index in [0.717, 1.165) is 29.7 Å². The molecule has 0 aliphatic carbocycles. The Labute approximate surface area is 129 Å². The van der Waals surface area contributed by atoms with Crippen LogP contribution in [0, 0.1) is 0 Å². The molecule has 0 bridgehead atoms. The summed E-state index contributed by atoms with van der Waals surface area (Å²) in [6, 6.07) is 5.38. The van der Waals surface area contributed by atoms with Crippen molar-refractivity contribution >= 4 is 34.5 Å². The van der Waals surface area contributed by atoms with Gasteiger partial charge >= 0.3 is 6.03 Å². The van der Waals surface area contributed by atoms with Gasteiger partial charge in [0.15, 0.2) is 0 Å². The third-order valence-corrected chi connectivity index (χ3v) is 3.88. The van der Waals surface area contributed by atoms with Crippen LogP contribution in [-0.2, 0) is 0 Å². The minimum absolute atomic E-state index is 0.161. The lowest BCUT2D eigenvalue weighted by Gasteiger charge is -2.07. The van der Waals surface area contributed by atoms with E-state index in [0.29, 0.717) is 0 Å². The van der Waals surface area contributed by atoms with Crippen LogP contribution in [0.1, 0.15) is 45.4 Å². The molecule has 0 saturated carbocycles. The molecule has 0 fully saturated rings. The molecule has 0 aliphatic rings. The van der Waals surface area contributed by atoms with Gasteiger partial charge in [-0.25, -0.2) is 4.79 Å². The molecular formula is C15H22N4OS. The molecule has 0 unspecified atom stereocenters. The monoisotopic (exact) mass is 306 g/mol. The molecule has 2 N–H and O–H groups in total. The van der Waals surface area contributed by atoms with Gasteiger partial charge in [-0.2, -0.15) is 8.75 Å². The molecule has 5 nitrogen and oxygen atoms in total. The lowest BCUT2D eigenvalue weighted by molar-refractivity contribution is 0.252. The molecule has 21 heavy (non-hydrogen) atoms. The SMILES string of the molecule is CCCCCCCCNC(=O)Nc1ccc2nsnc2c1. The van der Waals surface area contributed by atoms with E-state index in [4.69, 9.17) is 0 Å². The Kier molecular flexibility index (Phi) is 6.40. The molecule has 2 rings (SSSR count). The molecule has 2 aromatic rings. The summed E-state index contributed by atoms with van der Waals surface area (Å²) >= 11 is 1.18. The number of benzene rings is 1. The number of carbonyl (C=O) groups is 1. The summed E-state index contributed by atoms with van der Waals surface area (Å²) in [4.78, 5) is 11.8. The van der Waals surface area contributed by atoms with E-state index in [1.807, 2.05) is 18.2 Å². The zero-order valence-electron chi connectivity index (χ0n) is 12.4. The number of carbonyl (C=O) groups excluding carboxylic acids is 1. The van der Waals surface area contributed by atoms with Crippen molar-refractivity contribution in [1.29, 1.82) is 0 Å². The number of rotatable bonds is 8. The van der Waals surface area contributed by atoms with Crippen molar-refractivity contribution in [2.75, 3.05) is 11.9 Å². The fourth-order valence-electron chi connectivity index (χ4n) is 2.14. The molecule has 2 amide bonds. The molecule has 1 heterocycles. The van der Waals surface area contributed by atoms with E-state index in [1.54, 1.807) is 0 Å². The first kappa shape index (κ1) is 15.7. The van der Waals surface area contributed by atoms with Crippen LogP contribution in [0.15, 0.2) is 18.2 Å². The second-order valence-electron chi connectivity index (χ2n) is 5.12. The third-order valence-electron chi connectivity index (χ3n) is 3.33. The van der Waals surface area contributed by atoms with Crippen LogP contribution in [0.25, 0.3) is 11.0 Å². The smallest absolute Gasteiger partial charge is 0.319 e. The van der Waals surface area contributed by atoms with Crippen molar-refractivity contribution in [2.45, 2.75) is 45.4 Å². The maximum absolute atomic E-state index is 11.8. The van der Waals surface area contributed by atoms with Gasteiger partial charge in [-0.05, 0) is 24.6 Å². The molecule has 0 aliphatic heterocycles. The number of hydrogen-bond donors (Lipinski definition) is 2. The number of nitrogens with zero attached hydrogens (tertiary/aromatic N) is 2. The summed E-state index contributed by atoms with van der Waals surface area (Å²) in [5, 5.41) is 5.70. The summed E-state index contributed by atoms with van der Waals surface area (Å²) in [6.45, 7) is 2.93. The van der Waals surface area contributed by atoms with Gasteiger partial charge in [0.1, 0.15) is 11.0 Å². The van der Waals surface area contributed by atoms with Gasteiger partial charge in [-0.1, -0.05) is 39.0 Å². The van der Waals surface area contributed by atoms with Crippen molar-refractivity contribution in [3.8, 4) is 0 Å². The first-order valence-corrected chi connectivity index (χ1v) is 8.30. The summed E-state index contributed by atoms with van der Waals surface area (Å²) < 4.78 is 8.29. The highest BCUT2D eigenvalue weighted by molar-refractivity contribution is 7.00. The lowest BCUT2D eigenvalue weighted by Crippen LogP contribution is -2.29. The molecule has 114 valence electrons. The Morgan fingerprint density at radius 1 is 1.10 bits per heavy atom. The molecule has 0 saturated heterocycles. The topological polar surface area (TPSA) is 66.9 Å². The highest BCUT2D eigenvalue weighted by Gasteiger charge is 2.03. The van der Waals surface area contributed by atoms with Crippen LogP contribution in [0.5, 0.6) is 0 Å². The highest BCUT2D eigenvalue weighted by Crippen LogP contribution is 2.16. The minimum Gasteiger partial charge on any atom is -0.338 e. The molecule has 0 radical (unpaired) electrons. The molecular weight excluding hydrogens is 284 g/mol. The normalized spacial score (nSPS) is 10.7. The van der Waals surface area contributed by atoms with E-state index in [-0.39, 0.29) is 6.03 Å². The fourth-order valence-corrected chi connectivity index (χ4v) is 2.66. The summed E-state index contributed by atoms with van der Waals surface area (Å²) in [5.74, 6) is 0. The van der Waals surface area contributed by atoms with E-state index in [2.05, 4.69) is 26.3 Å². The molecule has 0 spiro atoms.